The number of fused-ring (bicyclic) bond motifs is 1. The summed E-state index contributed by atoms with van der Waals surface area (Å²) in [6, 6.07) is 11.1. The molecule has 144 valence electrons. The van der Waals surface area contributed by atoms with E-state index in [0.29, 0.717) is 29.1 Å². The number of halogens is 2. The third kappa shape index (κ3) is 4.42. The van der Waals surface area contributed by atoms with Gasteiger partial charge in [0.1, 0.15) is 18.2 Å². The first kappa shape index (κ1) is 20.5. The second kappa shape index (κ2) is 8.84. The lowest BCUT2D eigenvalue weighted by molar-refractivity contribution is 0.361. The molecule has 0 fully saturated rings. The number of hydrogen-bond donors (Lipinski definition) is 0. The smallest absolute Gasteiger partial charge is 0.282 e. The molecule has 0 spiro atoms. The van der Waals surface area contributed by atoms with Crippen LogP contribution < -0.4 is 10.3 Å². The quantitative estimate of drug-likeness (QED) is 0.329. The van der Waals surface area contributed by atoms with E-state index in [1.54, 1.807) is 18.4 Å². The van der Waals surface area contributed by atoms with Crippen LogP contribution in [0.2, 0.25) is 0 Å². The van der Waals surface area contributed by atoms with Crippen LogP contribution in [0.15, 0.2) is 67.9 Å². The van der Waals surface area contributed by atoms with Crippen LogP contribution >= 0.6 is 31.9 Å². The van der Waals surface area contributed by atoms with Gasteiger partial charge >= 0.3 is 0 Å². The molecule has 0 unspecified atom stereocenters. The first-order chi connectivity index (χ1) is 13.4. The van der Waals surface area contributed by atoms with E-state index in [-0.39, 0.29) is 11.5 Å². The maximum absolute atomic E-state index is 13.0. The lowest BCUT2D eigenvalue weighted by Crippen LogP contribution is -2.23. The van der Waals surface area contributed by atoms with Gasteiger partial charge in [-0.15, -0.1) is 0 Å². The summed E-state index contributed by atoms with van der Waals surface area (Å²) < 4.78 is 8.55. The molecule has 3 aromatic rings. The van der Waals surface area contributed by atoms with Gasteiger partial charge in [-0.1, -0.05) is 42.4 Å². The first-order valence-electron chi connectivity index (χ1n) is 8.70. The average Bonchev–Trinajstić information content (AvgIpc) is 2.66. The van der Waals surface area contributed by atoms with Crippen LogP contribution in [0.1, 0.15) is 31.2 Å². The second-order valence-electron chi connectivity index (χ2n) is 6.44. The molecular weight excluding hydrogens is 486 g/mol. The molecule has 0 aliphatic rings. The molecule has 5 nitrogen and oxygen atoms in total. The molecule has 0 saturated heterocycles. The predicted octanol–water partition coefficient (Wildman–Crippen LogP) is 5.49. The Labute approximate surface area is 180 Å². The van der Waals surface area contributed by atoms with Crippen molar-refractivity contribution >= 4 is 49.0 Å². The molecule has 0 atom stereocenters. The van der Waals surface area contributed by atoms with E-state index < -0.39 is 0 Å². The third-order valence-corrected chi connectivity index (χ3v) is 5.10. The van der Waals surface area contributed by atoms with Crippen LogP contribution in [0.5, 0.6) is 5.75 Å². The number of rotatable bonds is 6. The average molecular weight is 505 g/mol. The van der Waals surface area contributed by atoms with Crippen LogP contribution in [0.25, 0.3) is 10.9 Å². The Morgan fingerprint density at radius 2 is 2.04 bits per heavy atom. The zero-order valence-electron chi connectivity index (χ0n) is 15.5. The van der Waals surface area contributed by atoms with Gasteiger partial charge in [-0.25, -0.2) is 4.98 Å². The highest BCUT2D eigenvalue weighted by Crippen LogP contribution is 2.25. The maximum Gasteiger partial charge on any atom is 0.282 e. The molecular formula is C21H19Br2N3O2. The molecule has 1 aromatic heterocycles. The highest BCUT2D eigenvalue weighted by molar-refractivity contribution is 9.10. The van der Waals surface area contributed by atoms with Gasteiger partial charge in [0.2, 0.25) is 0 Å². The number of benzene rings is 2. The molecule has 7 heteroatoms. The van der Waals surface area contributed by atoms with Gasteiger partial charge in [0.15, 0.2) is 0 Å². The number of nitrogens with zero attached hydrogens (tertiary/aromatic N) is 3. The van der Waals surface area contributed by atoms with Crippen molar-refractivity contribution in [2.75, 3.05) is 6.61 Å². The maximum atomic E-state index is 13.0. The van der Waals surface area contributed by atoms with Crippen molar-refractivity contribution in [3.63, 3.8) is 0 Å². The van der Waals surface area contributed by atoms with Crippen molar-refractivity contribution in [2.45, 2.75) is 19.8 Å². The highest BCUT2D eigenvalue weighted by Gasteiger charge is 2.13. The van der Waals surface area contributed by atoms with Gasteiger partial charge in [0.25, 0.3) is 5.56 Å². The molecule has 0 radical (unpaired) electrons. The fraction of sp³-hybridized carbons (Fsp3) is 0.190. The van der Waals surface area contributed by atoms with E-state index >= 15 is 0 Å². The molecule has 3 rings (SSSR count). The molecule has 0 aliphatic carbocycles. The van der Waals surface area contributed by atoms with Crippen molar-refractivity contribution in [1.82, 2.24) is 9.66 Å². The molecule has 1 heterocycles. The van der Waals surface area contributed by atoms with Gasteiger partial charge < -0.3 is 4.74 Å². The van der Waals surface area contributed by atoms with Gasteiger partial charge in [0.05, 0.1) is 21.6 Å². The summed E-state index contributed by atoms with van der Waals surface area (Å²) in [5.74, 6) is 1.37. The molecule has 0 bridgehead atoms. The zero-order chi connectivity index (χ0) is 20.3. The molecule has 2 aromatic carbocycles. The fourth-order valence-electron chi connectivity index (χ4n) is 2.64. The lowest BCUT2D eigenvalue weighted by Gasteiger charge is -2.12. The minimum absolute atomic E-state index is 0.0410. The molecule has 0 N–H and O–H groups in total. The van der Waals surface area contributed by atoms with E-state index in [1.807, 2.05) is 44.2 Å². The highest BCUT2D eigenvalue weighted by atomic mass is 79.9. The van der Waals surface area contributed by atoms with Crippen LogP contribution in [-0.4, -0.2) is 22.5 Å². The summed E-state index contributed by atoms with van der Waals surface area (Å²) in [5, 5.41) is 4.95. The van der Waals surface area contributed by atoms with Crippen molar-refractivity contribution < 1.29 is 4.74 Å². The van der Waals surface area contributed by atoms with Crippen LogP contribution in [-0.2, 0) is 0 Å². The Balaban J connectivity index is 2.04. The summed E-state index contributed by atoms with van der Waals surface area (Å²) in [5.41, 5.74) is 1.29. The third-order valence-electron chi connectivity index (χ3n) is 3.98. The van der Waals surface area contributed by atoms with E-state index in [1.165, 1.54) is 4.68 Å². The normalized spacial score (nSPS) is 11.5. The van der Waals surface area contributed by atoms with E-state index in [4.69, 9.17) is 4.74 Å². The summed E-state index contributed by atoms with van der Waals surface area (Å²) in [6.07, 6.45) is 3.33. The Morgan fingerprint density at radius 3 is 2.71 bits per heavy atom. The number of hydrogen-bond acceptors (Lipinski definition) is 4. The van der Waals surface area contributed by atoms with Gasteiger partial charge in [0, 0.05) is 10.4 Å². The fourth-order valence-corrected chi connectivity index (χ4v) is 3.51. The first-order valence-corrected chi connectivity index (χ1v) is 10.3. The van der Waals surface area contributed by atoms with E-state index in [2.05, 4.69) is 48.5 Å². The van der Waals surface area contributed by atoms with Crippen LogP contribution in [0.3, 0.4) is 0 Å². The Hall–Kier alpha value is -2.25. The van der Waals surface area contributed by atoms with E-state index in [9.17, 15) is 4.79 Å². The minimum atomic E-state index is -0.198. The van der Waals surface area contributed by atoms with Crippen molar-refractivity contribution in [2.24, 2.45) is 5.10 Å². The Morgan fingerprint density at radius 1 is 1.25 bits per heavy atom. The summed E-state index contributed by atoms with van der Waals surface area (Å²) in [4.78, 5) is 17.7. The molecule has 0 amide bonds. The monoisotopic (exact) mass is 503 g/mol. The number of aromatic nitrogens is 2. The van der Waals surface area contributed by atoms with Gasteiger partial charge in [-0.2, -0.15) is 9.78 Å². The second-order valence-corrected chi connectivity index (χ2v) is 8.21. The van der Waals surface area contributed by atoms with Crippen LogP contribution in [0, 0.1) is 0 Å². The Bertz CT molecular complexity index is 1120. The SMILES string of the molecule is C=CCOc1ccc(C=Nn2c(C(C)C)nc3ccc(Br)cc3c2=O)cc1Br. The zero-order valence-corrected chi connectivity index (χ0v) is 18.7. The Kier molecular flexibility index (Phi) is 6.46. The van der Waals surface area contributed by atoms with Crippen molar-refractivity contribution in [3.05, 3.63) is 79.7 Å². The number of ether oxygens (including phenoxy) is 1. The van der Waals surface area contributed by atoms with Gasteiger partial charge in [-0.3, -0.25) is 4.79 Å². The molecule has 28 heavy (non-hydrogen) atoms. The van der Waals surface area contributed by atoms with E-state index in [0.717, 1.165) is 14.5 Å². The minimum Gasteiger partial charge on any atom is -0.488 e. The van der Waals surface area contributed by atoms with Crippen molar-refractivity contribution in [1.29, 1.82) is 0 Å². The molecule has 0 saturated carbocycles. The van der Waals surface area contributed by atoms with Gasteiger partial charge in [-0.05, 0) is 57.9 Å². The topological polar surface area (TPSA) is 56.5 Å². The largest absolute Gasteiger partial charge is 0.488 e. The van der Waals surface area contributed by atoms with Crippen molar-refractivity contribution in [3.8, 4) is 5.75 Å². The summed E-state index contributed by atoms with van der Waals surface area (Å²) in [7, 11) is 0. The predicted molar refractivity (Wildman–Crippen MR) is 121 cm³/mol. The summed E-state index contributed by atoms with van der Waals surface area (Å²) >= 11 is 6.90. The standard InChI is InChI=1S/C21H19Br2N3O2/c1-4-9-28-19-8-5-14(10-17(19)23)12-24-26-20(13(2)3)25-18-7-6-15(22)11-16(18)21(26)27/h4-8,10-13H,1,9H2,2-3H3. The molecule has 0 aliphatic heterocycles. The lowest BCUT2D eigenvalue weighted by atomic mass is 10.2. The summed E-state index contributed by atoms with van der Waals surface area (Å²) in [6.45, 7) is 8.04. The van der Waals surface area contributed by atoms with Crippen LogP contribution in [0.4, 0.5) is 0 Å².